The van der Waals surface area contributed by atoms with Crippen LogP contribution in [-0.4, -0.2) is 31.5 Å². The van der Waals surface area contributed by atoms with Crippen LogP contribution in [0.15, 0.2) is 53.8 Å². The molecular formula is C17H16N4O2S. The van der Waals surface area contributed by atoms with Crippen LogP contribution in [0.1, 0.15) is 24.2 Å². The second kappa shape index (κ2) is 6.84. The zero-order valence-corrected chi connectivity index (χ0v) is 14.1. The first-order valence-electron chi connectivity index (χ1n) is 7.43. The number of pyridine rings is 1. The second-order valence-electron chi connectivity index (χ2n) is 5.29. The lowest BCUT2D eigenvalue weighted by molar-refractivity contribution is -0.115. The number of amides is 1. The van der Waals surface area contributed by atoms with Crippen LogP contribution < -0.4 is 5.32 Å². The van der Waals surface area contributed by atoms with Gasteiger partial charge in [0.15, 0.2) is 16.6 Å². The molecule has 3 aromatic rings. The van der Waals surface area contributed by atoms with Crippen LogP contribution in [-0.2, 0) is 4.79 Å². The second-order valence-corrected chi connectivity index (χ2v) is 6.60. The molecule has 3 rings (SSSR count). The fraction of sp³-hybridized carbons (Fsp3) is 0.176. The largest absolute Gasteiger partial charge is 0.325 e. The van der Waals surface area contributed by atoms with Crippen molar-refractivity contribution in [2.45, 2.75) is 24.3 Å². The van der Waals surface area contributed by atoms with Crippen LogP contribution in [0.2, 0.25) is 0 Å². The number of thioether (sulfide) groups is 1. The highest BCUT2D eigenvalue weighted by Crippen LogP contribution is 2.23. The van der Waals surface area contributed by atoms with Crippen LogP contribution in [0.25, 0.3) is 5.65 Å². The minimum atomic E-state index is -0.343. The van der Waals surface area contributed by atoms with E-state index in [0.29, 0.717) is 16.4 Å². The molecule has 0 aliphatic heterocycles. The molecule has 0 saturated heterocycles. The first-order chi connectivity index (χ1) is 11.5. The zero-order valence-electron chi connectivity index (χ0n) is 13.3. The molecule has 122 valence electrons. The van der Waals surface area contributed by atoms with Gasteiger partial charge in [-0.3, -0.25) is 14.0 Å². The maximum absolute atomic E-state index is 12.3. The number of hydrogen-bond donors (Lipinski definition) is 1. The quantitative estimate of drug-likeness (QED) is 0.571. The number of fused-ring (bicyclic) bond motifs is 1. The predicted octanol–water partition coefficient (Wildman–Crippen LogP) is 3.05. The summed E-state index contributed by atoms with van der Waals surface area (Å²) in [5.41, 5.74) is 2.02. The van der Waals surface area contributed by atoms with Crippen molar-refractivity contribution in [2.75, 3.05) is 5.32 Å². The molecular weight excluding hydrogens is 324 g/mol. The number of aromatic nitrogens is 3. The summed E-state index contributed by atoms with van der Waals surface area (Å²) in [6.45, 7) is 3.32. The number of Topliss-reactive ketones (excluding diaryl/α,β-unsaturated/α-hetero) is 1. The number of benzene rings is 1. The minimum absolute atomic E-state index is 0.00418. The number of carbonyl (C=O) groups is 2. The Morgan fingerprint density at radius 1 is 1.12 bits per heavy atom. The summed E-state index contributed by atoms with van der Waals surface area (Å²) in [5.74, 6) is -0.140. The fourth-order valence-corrected chi connectivity index (χ4v) is 2.98. The molecule has 6 nitrogen and oxygen atoms in total. The molecule has 1 N–H and O–H groups in total. The van der Waals surface area contributed by atoms with Crippen molar-refractivity contribution < 1.29 is 9.59 Å². The summed E-state index contributed by atoms with van der Waals surface area (Å²) in [5, 5.41) is 11.3. The molecule has 2 aromatic heterocycles. The number of anilines is 1. The Kier molecular flexibility index (Phi) is 4.61. The first-order valence-corrected chi connectivity index (χ1v) is 8.31. The topological polar surface area (TPSA) is 76.4 Å². The highest BCUT2D eigenvalue weighted by atomic mass is 32.2. The molecule has 24 heavy (non-hydrogen) atoms. The van der Waals surface area contributed by atoms with Crippen LogP contribution in [0.4, 0.5) is 5.69 Å². The highest BCUT2D eigenvalue weighted by Gasteiger charge is 2.18. The van der Waals surface area contributed by atoms with Gasteiger partial charge >= 0.3 is 0 Å². The van der Waals surface area contributed by atoms with E-state index in [-0.39, 0.29) is 16.9 Å². The van der Waals surface area contributed by atoms with Crippen LogP contribution in [0.3, 0.4) is 0 Å². The van der Waals surface area contributed by atoms with Gasteiger partial charge in [-0.05, 0) is 50.2 Å². The molecule has 1 amide bonds. The van der Waals surface area contributed by atoms with E-state index in [1.807, 2.05) is 35.7 Å². The maximum atomic E-state index is 12.3. The summed E-state index contributed by atoms with van der Waals surface area (Å²) >= 11 is 1.34. The molecule has 1 atom stereocenters. The standard InChI is InChI=1S/C17H16N4O2S/c1-11(22)13-6-8-14(9-7-13)18-16(23)12(2)24-17-20-19-15-5-3-4-10-21(15)17/h3-10,12H,1-2H3,(H,18,23)/t12-/m1/s1. The van der Waals surface area contributed by atoms with Gasteiger partial charge in [0.1, 0.15) is 0 Å². The average molecular weight is 340 g/mol. The van der Waals surface area contributed by atoms with E-state index in [9.17, 15) is 9.59 Å². The molecule has 0 aliphatic rings. The van der Waals surface area contributed by atoms with Gasteiger partial charge in [-0.25, -0.2) is 0 Å². The summed E-state index contributed by atoms with van der Waals surface area (Å²) in [7, 11) is 0. The van der Waals surface area contributed by atoms with Gasteiger partial charge in [0.05, 0.1) is 5.25 Å². The number of rotatable bonds is 5. The molecule has 7 heteroatoms. The Morgan fingerprint density at radius 3 is 2.58 bits per heavy atom. The predicted molar refractivity (Wildman–Crippen MR) is 93.4 cm³/mol. The monoisotopic (exact) mass is 340 g/mol. The van der Waals surface area contributed by atoms with Crippen molar-refractivity contribution in [3.8, 4) is 0 Å². The van der Waals surface area contributed by atoms with Gasteiger partial charge in [0, 0.05) is 17.4 Å². The van der Waals surface area contributed by atoms with Crippen molar-refractivity contribution in [1.82, 2.24) is 14.6 Å². The molecule has 0 fully saturated rings. The third-order valence-corrected chi connectivity index (χ3v) is 4.55. The Bertz CT molecular complexity index is 889. The van der Waals surface area contributed by atoms with Gasteiger partial charge in [-0.1, -0.05) is 17.8 Å². The lowest BCUT2D eigenvalue weighted by atomic mass is 10.1. The summed E-state index contributed by atoms with van der Waals surface area (Å²) < 4.78 is 1.84. The zero-order chi connectivity index (χ0) is 17.1. The molecule has 2 heterocycles. The molecule has 0 radical (unpaired) electrons. The highest BCUT2D eigenvalue weighted by molar-refractivity contribution is 8.00. The van der Waals surface area contributed by atoms with E-state index >= 15 is 0 Å². The van der Waals surface area contributed by atoms with Crippen LogP contribution in [0.5, 0.6) is 0 Å². The molecule has 0 bridgehead atoms. The van der Waals surface area contributed by atoms with E-state index in [0.717, 1.165) is 5.65 Å². The summed E-state index contributed by atoms with van der Waals surface area (Å²) in [4.78, 5) is 23.6. The van der Waals surface area contributed by atoms with Gasteiger partial charge < -0.3 is 5.32 Å². The van der Waals surface area contributed by atoms with Gasteiger partial charge in [0.25, 0.3) is 0 Å². The van der Waals surface area contributed by atoms with E-state index < -0.39 is 0 Å². The van der Waals surface area contributed by atoms with Crippen LogP contribution >= 0.6 is 11.8 Å². The smallest absolute Gasteiger partial charge is 0.237 e. The molecule has 0 aliphatic carbocycles. The van der Waals surface area contributed by atoms with Gasteiger partial charge in [-0.2, -0.15) is 0 Å². The third-order valence-electron chi connectivity index (χ3n) is 3.49. The van der Waals surface area contributed by atoms with Crippen molar-refractivity contribution in [3.05, 3.63) is 54.2 Å². The average Bonchev–Trinajstić information content (AvgIpc) is 2.98. The number of nitrogens with zero attached hydrogens (tertiary/aromatic N) is 3. The van der Waals surface area contributed by atoms with Crippen molar-refractivity contribution in [3.63, 3.8) is 0 Å². The van der Waals surface area contributed by atoms with E-state index in [4.69, 9.17) is 0 Å². The number of hydrogen-bond acceptors (Lipinski definition) is 5. The van der Waals surface area contributed by atoms with E-state index in [2.05, 4.69) is 15.5 Å². The molecule has 1 aromatic carbocycles. The molecule has 0 saturated carbocycles. The Labute approximate surface area is 143 Å². The lowest BCUT2D eigenvalue weighted by Gasteiger charge is -2.11. The van der Waals surface area contributed by atoms with Crippen molar-refractivity contribution in [2.24, 2.45) is 0 Å². The van der Waals surface area contributed by atoms with Crippen LogP contribution in [0, 0.1) is 0 Å². The lowest BCUT2D eigenvalue weighted by Crippen LogP contribution is -2.22. The Balaban J connectivity index is 1.67. The van der Waals surface area contributed by atoms with Crippen molar-refractivity contribution in [1.29, 1.82) is 0 Å². The summed E-state index contributed by atoms with van der Waals surface area (Å²) in [6.07, 6.45) is 1.86. The van der Waals surface area contributed by atoms with Crippen molar-refractivity contribution >= 4 is 34.8 Å². The molecule has 0 spiro atoms. The minimum Gasteiger partial charge on any atom is -0.325 e. The normalized spacial score (nSPS) is 12.1. The Hall–Kier alpha value is -2.67. The van der Waals surface area contributed by atoms with E-state index in [1.165, 1.54) is 18.7 Å². The maximum Gasteiger partial charge on any atom is 0.237 e. The van der Waals surface area contributed by atoms with Gasteiger partial charge in [0.2, 0.25) is 5.91 Å². The SMILES string of the molecule is CC(=O)c1ccc(NC(=O)[C@@H](C)Sc2nnc3ccccn23)cc1. The first kappa shape index (κ1) is 16.2. The van der Waals surface area contributed by atoms with E-state index in [1.54, 1.807) is 24.3 Å². The third kappa shape index (κ3) is 3.46. The number of ketones is 1. The fourth-order valence-electron chi connectivity index (χ4n) is 2.14. The molecule has 0 unspecified atom stereocenters. The number of nitrogens with one attached hydrogen (secondary N) is 1. The summed E-state index contributed by atoms with van der Waals surface area (Å²) in [6, 6.07) is 12.5. The Morgan fingerprint density at radius 2 is 1.88 bits per heavy atom. The van der Waals surface area contributed by atoms with Gasteiger partial charge in [-0.15, -0.1) is 10.2 Å². The number of carbonyl (C=O) groups excluding carboxylic acids is 2.